The van der Waals surface area contributed by atoms with Crippen LogP contribution >= 0.6 is 0 Å². The molecule has 0 saturated carbocycles. The molecule has 8 nitrogen and oxygen atoms in total. The highest BCUT2D eigenvalue weighted by Crippen LogP contribution is 2.10. The number of hydrogen-bond acceptors (Lipinski definition) is 5. The first-order valence-electron chi connectivity index (χ1n) is 7.18. The molecule has 1 aliphatic heterocycles. The van der Waals surface area contributed by atoms with Gasteiger partial charge in [0, 0.05) is 19.6 Å². The number of aromatic nitrogens is 4. The molecule has 0 aromatic carbocycles. The molecule has 2 rings (SSSR count). The van der Waals surface area contributed by atoms with Crippen molar-refractivity contribution in [3.8, 4) is 0 Å². The van der Waals surface area contributed by atoms with E-state index in [2.05, 4.69) is 34.7 Å². The molecule has 1 fully saturated rings. The Morgan fingerprint density at radius 3 is 3.10 bits per heavy atom. The molecule has 1 aliphatic rings. The van der Waals surface area contributed by atoms with Crippen molar-refractivity contribution in [2.75, 3.05) is 25.0 Å². The molecule has 8 heteroatoms. The lowest BCUT2D eigenvalue weighted by Crippen LogP contribution is -2.47. The molecular weight excluding hydrogens is 260 g/mol. The predicted molar refractivity (Wildman–Crippen MR) is 73.3 cm³/mol. The van der Waals surface area contributed by atoms with Gasteiger partial charge in [0.25, 0.3) is 5.95 Å². The molecule has 0 aliphatic carbocycles. The summed E-state index contributed by atoms with van der Waals surface area (Å²) in [7, 11) is 0. The summed E-state index contributed by atoms with van der Waals surface area (Å²) in [6, 6.07) is -0.167. The third kappa shape index (κ3) is 3.66. The van der Waals surface area contributed by atoms with Crippen molar-refractivity contribution in [3.05, 3.63) is 0 Å². The first-order chi connectivity index (χ1) is 9.74. The maximum atomic E-state index is 12.2. The maximum absolute atomic E-state index is 12.2. The number of rotatable bonds is 5. The second-order valence-corrected chi connectivity index (χ2v) is 4.86. The molecule has 0 bridgehead atoms. The van der Waals surface area contributed by atoms with Gasteiger partial charge in [0.1, 0.15) is 0 Å². The van der Waals surface area contributed by atoms with Crippen molar-refractivity contribution in [3.63, 3.8) is 0 Å². The fourth-order valence-corrected chi connectivity index (χ4v) is 2.08. The minimum absolute atomic E-state index is 0.116. The van der Waals surface area contributed by atoms with E-state index in [0.29, 0.717) is 32.2 Å². The smallest absolute Gasteiger partial charge is 0.324 e. The number of ether oxygens (including phenoxy) is 1. The molecule has 1 N–H and O–H groups in total. The average Bonchev–Trinajstić information content (AvgIpc) is 2.92. The van der Waals surface area contributed by atoms with E-state index in [1.807, 2.05) is 0 Å². The minimum atomic E-state index is -0.167. The summed E-state index contributed by atoms with van der Waals surface area (Å²) in [5.41, 5.74) is 0. The second-order valence-electron chi connectivity index (χ2n) is 4.86. The molecule has 0 radical (unpaired) electrons. The van der Waals surface area contributed by atoms with Gasteiger partial charge in [-0.15, -0.1) is 0 Å². The molecule has 1 aromatic rings. The number of morpholine rings is 1. The zero-order valence-corrected chi connectivity index (χ0v) is 12.1. The van der Waals surface area contributed by atoms with E-state index < -0.39 is 0 Å². The van der Waals surface area contributed by atoms with Gasteiger partial charge in [-0.2, -0.15) is 0 Å². The summed E-state index contributed by atoms with van der Waals surface area (Å²) >= 11 is 0. The summed E-state index contributed by atoms with van der Waals surface area (Å²) in [5, 5.41) is 14.1. The highest BCUT2D eigenvalue weighted by molar-refractivity contribution is 5.87. The van der Waals surface area contributed by atoms with E-state index in [4.69, 9.17) is 4.74 Å². The van der Waals surface area contributed by atoms with Gasteiger partial charge in [-0.05, 0) is 23.3 Å². The highest BCUT2D eigenvalue weighted by Gasteiger charge is 2.24. The number of nitrogens with zero attached hydrogens (tertiary/aromatic N) is 5. The number of unbranched alkanes of at least 4 members (excludes halogenated alkanes) is 1. The first-order valence-corrected chi connectivity index (χ1v) is 7.18. The van der Waals surface area contributed by atoms with Crippen LogP contribution in [0.2, 0.25) is 0 Å². The normalized spacial score (nSPS) is 19.1. The van der Waals surface area contributed by atoms with Crippen molar-refractivity contribution in [1.29, 1.82) is 0 Å². The predicted octanol–water partition coefficient (Wildman–Crippen LogP) is 1.12. The topological polar surface area (TPSA) is 85.2 Å². The van der Waals surface area contributed by atoms with Gasteiger partial charge >= 0.3 is 6.03 Å². The van der Waals surface area contributed by atoms with Crippen LogP contribution in [0.5, 0.6) is 0 Å². The van der Waals surface area contributed by atoms with Crippen LogP contribution in [0.3, 0.4) is 0 Å². The standard InChI is InChI=1S/C12H22N6O2/c1-3-5-6-18-11(14-15-16-18)13-12(19)17-7-8-20-10(4-2)9-17/h10H,3-9H2,1-2H3,(H,13,14,16,19). The average molecular weight is 282 g/mol. The Balaban J connectivity index is 1.92. The molecule has 112 valence electrons. The van der Waals surface area contributed by atoms with Gasteiger partial charge in [-0.1, -0.05) is 25.4 Å². The van der Waals surface area contributed by atoms with Crippen molar-refractivity contribution in [1.82, 2.24) is 25.1 Å². The third-order valence-electron chi connectivity index (χ3n) is 3.36. The monoisotopic (exact) mass is 282 g/mol. The molecule has 0 spiro atoms. The van der Waals surface area contributed by atoms with Crippen LogP contribution in [-0.2, 0) is 11.3 Å². The highest BCUT2D eigenvalue weighted by atomic mass is 16.5. The third-order valence-corrected chi connectivity index (χ3v) is 3.36. The molecular formula is C12H22N6O2. The number of nitrogens with one attached hydrogen (secondary N) is 1. The number of amides is 2. The van der Waals surface area contributed by atoms with Gasteiger partial charge in [0.05, 0.1) is 12.7 Å². The maximum Gasteiger partial charge on any atom is 0.324 e. The van der Waals surface area contributed by atoms with Crippen molar-refractivity contribution in [2.45, 2.75) is 45.8 Å². The lowest BCUT2D eigenvalue weighted by molar-refractivity contribution is -0.0135. The number of carbonyl (C=O) groups excluding carboxylic acids is 1. The number of urea groups is 1. The van der Waals surface area contributed by atoms with E-state index >= 15 is 0 Å². The number of hydrogen-bond donors (Lipinski definition) is 1. The number of anilines is 1. The van der Waals surface area contributed by atoms with Crippen LogP contribution < -0.4 is 5.32 Å². The van der Waals surface area contributed by atoms with E-state index in [9.17, 15) is 4.79 Å². The minimum Gasteiger partial charge on any atom is -0.375 e. The molecule has 20 heavy (non-hydrogen) atoms. The lowest BCUT2D eigenvalue weighted by Gasteiger charge is -2.32. The molecule has 1 unspecified atom stereocenters. The summed E-state index contributed by atoms with van der Waals surface area (Å²) in [6.45, 7) is 6.64. The zero-order valence-electron chi connectivity index (χ0n) is 12.1. The largest absolute Gasteiger partial charge is 0.375 e. The van der Waals surface area contributed by atoms with Crippen LogP contribution in [0.1, 0.15) is 33.1 Å². The Hall–Kier alpha value is -1.70. The van der Waals surface area contributed by atoms with E-state index in [-0.39, 0.29) is 12.1 Å². The van der Waals surface area contributed by atoms with Gasteiger partial charge in [-0.25, -0.2) is 9.48 Å². The summed E-state index contributed by atoms with van der Waals surface area (Å²) in [4.78, 5) is 13.9. The van der Waals surface area contributed by atoms with Crippen molar-refractivity contribution < 1.29 is 9.53 Å². The first kappa shape index (κ1) is 14.7. The molecule has 1 saturated heterocycles. The fourth-order valence-electron chi connectivity index (χ4n) is 2.08. The number of tetrazole rings is 1. The van der Waals surface area contributed by atoms with Gasteiger partial charge in [-0.3, -0.25) is 5.32 Å². The van der Waals surface area contributed by atoms with Gasteiger partial charge in [0.15, 0.2) is 0 Å². The van der Waals surface area contributed by atoms with E-state index in [1.54, 1.807) is 9.58 Å². The Morgan fingerprint density at radius 2 is 2.35 bits per heavy atom. The Morgan fingerprint density at radius 1 is 1.50 bits per heavy atom. The summed E-state index contributed by atoms with van der Waals surface area (Å²) < 4.78 is 7.18. The SMILES string of the molecule is CCCCn1nnnc1NC(=O)N1CCOC(CC)C1. The quantitative estimate of drug-likeness (QED) is 0.874. The van der Waals surface area contributed by atoms with Crippen LogP contribution in [0, 0.1) is 0 Å². The molecule has 1 aromatic heterocycles. The molecule has 2 amide bonds. The zero-order chi connectivity index (χ0) is 14.4. The molecule has 2 heterocycles. The van der Waals surface area contributed by atoms with E-state index in [1.165, 1.54) is 0 Å². The summed E-state index contributed by atoms with van der Waals surface area (Å²) in [5.74, 6) is 0.406. The van der Waals surface area contributed by atoms with E-state index in [0.717, 1.165) is 19.3 Å². The van der Waals surface area contributed by atoms with Crippen molar-refractivity contribution >= 4 is 12.0 Å². The molecule has 1 atom stereocenters. The van der Waals surface area contributed by atoms with Crippen LogP contribution in [0.15, 0.2) is 0 Å². The number of aryl methyl sites for hydroxylation is 1. The Kier molecular flexibility index (Phi) is 5.28. The Bertz CT molecular complexity index is 435. The van der Waals surface area contributed by atoms with Crippen LogP contribution in [-0.4, -0.2) is 56.9 Å². The van der Waals surface area contributed by atoms with Gasteiger partial charge in [0.2, 0.25) is 0 Å². The second kappa shape index (κ2) is 7.18. The fraction of sp³-hybridized carbons (Fsp3) is 0.833. The van der Waals surface area contributed by atoms with Crippen molar-refractivity contribution in [2.24, 2.45) is 0 Å². The summed E-state index contributed by atoms with van der Waals surface area (Å²) in [6.07, 6.45) is 3.04. The van der Waals surface area contributed by atoms with Crippen LogP contribution in [0.4, 0.5) is 10.7 Å². The van der Waals surface area contributed by atoms with Gasteiger partial charge < -0.3 is 9.64 Å². The lowest BCUT2D eigenvalue weighted by atomic mass is 10.2. The Labute approximate surface area is 118 Å². The van der Waals surface area contributed by atoms with Crippen LogP contribution in [0.25, 0.3) is 0 Å². The number of carbonyl (C=O) groups is 1.